The third-order valence-electron chi connectivity index (χ3n) is 2.46. The van der Waals surface area contributed by atoms with Gasteiger partial charge in [-0.25, -0.2) is 0 Å². The third kappa shape index (κ3) is 5.80. The van der Waals surface area contributed by atoms with Gasteiger partial charge in [-0.1, -0.05) is 49.1 Å². The molecule has 0 aliphatic heterocycles. The van der Waals surface area contributed by atoms with Gasteiger partial charge in [-0.05, 0) is 24.8 Å². The highest BCUT2D eigenvalue weighted by molar-refractivity contribution is 5.14. The summed E-state index contributed by atoms with van der Waals surface area (Å²) < 4.78 is 0. The summed E-state index contributed by atoms with van der Waals surface area (Å²) in [5, 5.41) is 0. The Kier molecular flexibility index (Phi) is 6.17. The average molecular weight is 201 g/mol. The molecule has 15 heavy (non-hydrogen) atoms. The van der Waals surface area contributed by atoms with E-state index in [4.69, 9.17) is 5.73 Å². The molecule has 1 aromatic rings. The number of hydrogen-bond acceptors (Lipinski definition) is 1. The van der Waals surface area contributed by atoms with Crippen molar-refractivity contribution in [2.24, 2.45) is 5.73 Å². The predicted octanol–water partition coefficient (Wildman–Crippen LogP) is 3.10. The molecule has 0 fully saturated rings. The fourth-order valence-electron chi connectivity index (χ4n) is 1.61. The van der Waals surface area contributed by atoms with Crippen molar-refractivity contribution < 1.29 is 0 Å². The maximum absolute atomic E-state index is 5.08. The molecule has 0 radical (unpaired) electrons. The van der Waals surface area contributed by atoms with Crippen molar-refractivity contribution in [2.75, 3.05) is 0 Å². The summed E-state index contributed by atoms with van der Waals surface area (Å²) in [4.78, 5) is 0. The lowest BCUT2D eigenvalue weighted by molar-refractivity contribution is 0.650. The van der Waals surface area contributed by atoms with Gasteiger partial charge in [-0.3, -0.25) is 0 Å². The van der Waals surface area contributed by atoms with Crippen LogP contribution in [0.3, 0.4) is 0 Å². The van der Waals surface area contributed by atoms with E-state index in [2.05, 4.69) is 42.3 Å². The maximum atomic E-state index is 5.08. The monoisotopic (exact) mass is 201 g/mol. The molecule has 80 valence electrons. The molecular formula is C14H19N. The lowest BCUT2D eigenvalue weighted by atomic mass is 10.1. The summed E-state index contributed by atoms with van der Waals surface area (Å²) in [5.74, 6) is 2.88. The fourth-order valence-corrected chi connectivity index (χ4v) is 1.61. The molecule has 0 atom stereocenters. The Balaban J connectivity index is 1.99. The SMILES string of the molecule is NC#CCCCCCCc1ccccc1. The van der Waals surface area contributed by atoms with Gasteiger partial charge in [0.2, 0.25) is 0 Å². The van der Waals surface area contributed by atoms with Crippen LogP contribution in [0.1, 0.15) is 37.7 Å². The average Bonchev–Trinajstić information content (AvgIpc) is 2.29. The van der Waals surface area contributed by atoms with E-state index in [1.807, 2.05) is 0 Å². The molecule has 0 bridgehead atoms. The van der Waals surface area contributed by atoms with E-state index in [1.54, 1.807) is 0 Å². The van der Waals surface area contributed by atoms with Gasteiger partial charge < -0.3 is 5.73 Å². The molecule has 0 heterocycles. The van der Waals surface area contributed by atoms with Crippen molar-refractivity contribution in [3.05, 3.63) is 35.9 Å². The molecule has 0 spiro atoms. The van der Waals surface area contributed by atoms with Gasteiger partial charge in [0.1, 0.15) is 0 Å². The summed E-state index contributed by atoms with van der Waals surface area (Å²) in [7, 11) is 0. The number of aryl methyl sites for hydroxylation is 1. The van der Waals surface area contributed by atoms with Crippen LogP contribution in [0.5, 0.6) is 0 Å². The molecule has 1 aromatic carbocycles. The highest BCUT2D eigenvalue weighted by Gasteiger charge is 1.92. The van der Waals surface area contributed by atoms with E-state index in [9.17, 15) is 0 Å². The van der Waals surface area contributed by atoms with Crippen LogP contribution in [0, 0.1) is 12.0 Å². The minimum Gasteiger partial charge on any atom is -0.359 e. The minimum atomic E-state index is 0.946. The standard InChI is InChI=1S/C14H19N/c15-13-9-4-2-1-3-6-10-14-11-7-5-8-12-14/h5,7-8,11-12H,1-4,6,10,15H2. The van der Waals surface area contributed by atoms with Crippen molar-refractivity contribution in [1.29, 1.82) is 0 Å². The third-order valence-corrected chi connectivity index (χ3v) is 2.46. The summed E-state index contributed by atoms with van der Waals surface area (Å²) >= 11 is 0. The largest absolute Gasteiger partial charge is 0.359 e. The summed E-state index contributed by atoms with van der Waals surface area (Å²) in [6.07, 6.45) is 7.16. The minimum absolute atomic E-state index is 0.946. The Hall–Kier alpha value is -1.42. The molecule has 0 saturated heterocycles. The first-order valence-corrected chi connectivity index (χ1v) is 5.66. The molecule has 1 rings (SSSR count). The lowest BCUT2D eigenvalue weighted by Crippen LogP contribution is -1.85. The van der Waals surface area contributed by atoms with Gasteiger partial charge in [0.05, 0.1) is 0 Å². The second kappa shape index (κ2) is 7.94. The zero-order valence-electron chi connectivity index (χ0n) is 9.21. The van der Waals surface area contributed by atoms with E-state index in [0.717, 1.165) is 6.42 Å². The van der Waals surface area contributed by atoms with Gasteiger partial charge in [-0.2, -0.15) is 0 Å². The first-order valence-electron chi connectivity index (χ1n) is 5.66. The van der Waals surface area contributed by atoms with Crippen molar-refractivity contribution in [3.63, 3.8) is 0 Å². The Morgan fingerprint density at radius 1 is 0.933 bits per heavy atom. The first kappa shape index (κ1) is 11.7. The Morgan fingerprint density at radius 3 is 2.40 bits per heavy atom. The van der Waals surface area contributed by atoms with E-state index in [1.165, 1.54) is 37.7 Å². The van der Waals surface area contributed by atoms with Crippen LogP contribution >= 0.6 is 0 Å². The van der Waals surface area contributed by atoms with Gasteiger partial charge in [0.25, 0.3) is 0 Å². The second-order valence-corrected chi connectivity index (χ2v) is 3.72. The summed E-state index contributed by atoms with van der Waals surface area (Å²) in [5.41, 5.74) is 6.53. The zero-order valence-corrected chi connectivity index (χ0v) is 9.21. The van der Waals surface area contributed by atoms with Crippen LogP contribution in [0.2, 0.25) is 0 Å². The van der Waals surface area contributed by atoms with Crippen molar-refractivity contribution in [3.8, 4) is 12.0 Å². The molecular weight excluding hydrogens is 182 g/mol. The number of benzene rings is 1. The Labute approximate surface area is 92.7 Å². The number of rotatable bonds is 6. The smallest absolute Gasteiger partial charge is 0.0107 e. The van der Waals surface area contributed by atoms with Gasteiger partial charge in [0.15, 0.2) is 0 Å². The molecule has 2 N–H and O–H groups in total. The maximum Gasteiger partial charge on any atom is 0.0107 e. The second-order valence-electron chi connectivity index (χ2n) is 3.72. The van der Waals surface area contributed by atoms with Crippen LogP contribution in [0.4, 0.5) is 0 Å². The van der Waals surface area contributed by atoms with Crippen molar-refractivity contribution in [2.45, 2.75) is 38.5 Å². The Morgan fingerprint density at radius 2 is 1.67 bits per heavy atom. The first-order chi connectivity index (χ1) is 7.43. The predicted molar refractivity (Wildman–Crippen MR) is 65.2 cm³/mol. The molecule has 0 aromatic heterocycles. The Bertz CT molecular complexity index is 305. The van der Waals surface area contributed by atoms with Crippen LogP contribution in [0.15, 0.2) is 30.3 Å². The molecule has 1 heteroatoms. The van der Waals surface area contributed by atoms with Crippen LogP contribution < -0.4 is 5.73 Å². The summed E-state index contributed by atoms with van der Waals surface area (Å²) in [6, 6.07) is 13.1. The van der Waals surface area contributed by atoms with Gasteiger partial charge >= 0.3 is 0 Å². The van der Waals surface area contributed by atoms with Gasteiger partial charge in [-0.15, -0.1) is 0 Å². The molecule has 0 saturated carbocycles. The number of unbranched alkanes of at least 4 members (excludes halogenated alkanes) is 4. The lowest BCUT2D eigenvalue weighted by Gasteiger charge is -2.00. The number of nitrogens with two attached hydrogens (primary N) is 1. The van der Waals surface area contributed by atoms with Crippen LogP contribution in [-0.2, 0) is 6.42 Å². The van der Waals surface area contributed by atoms with E-state index >= 15 is 0 Å². The number of hydrogen-bond donors (Lipinski definition) is 1. The quantitative estimate of drug-likeness (QED) is 0.427. The summed E-state index contributed by atoms with van der Waals surface area (Å²) in [6.45, 7) is 0. The normalized spacial score (nSPS) is 9.33. The van der Waals surface area contributed by atoms with Crippen molar-refractivity contribution in [1.82, 2.24) is 0 Å². The molecule has 0 amide bonds. The van der Waals surface area contributed by atoms with Crippen LogP contribution in [-0.4, -0.2) is 0 Å². The van der Waals surface area contributed by atoms with Crippen LogP contribution in [0.25, 0.3) is 0 Å². The molecule has 0 aliphatic rings. The topological polar surface area (TPSA) is 26.0 Å². The highest BCUT2D eigenvalue weighted by atomic mass is 14.4. The molecule has 1 nitrogen and oxygen atoms in total. The fraction of sp³-hybridized carbons (Fsp3) is 0.429. The van der Waals surface area contributed by atoms with E-state index in [-0.39, 0.29) is 0 Å². The van der Waals surface area contributed by atoms with Gasteiger partial charge in [0, 0.05) is 12.5 Å². The molecule has 0 unspecified atom stereocenters. The molecule has 0 aliphatic carbocycles. The zero-order chi connectivity index (χ0) is 10.8. The highest BCUT2D eigenvalue weighted by Crippen LogP contribution is 2.08. The van der Waals surface area contributed by atoms with E-state index in [0.29, 0.717) is 0 Å². The van der Waals surface area contributed by atoms with E-state index < -0.39 is 0 Å². The van der Waals surface area contributed by atoms with Crippen molar-refractivity contribution >= 4 is 0 Å².